The number of hydrogen-bond acceptors (Lipinski definition) is 7. The minimum Gasteiger partial charge on any atom is -0.493 e. The molecule has 0 bridgehead atoms. The summed E-state index contributed by atoms with van der Waals surface area (Å²) in [5.74, 6) is 1.27. The quantitative estimate of drug-likeness (QED) is 0.499. The summed E-state index contributed by atoms with van der Waals surface area (Å²) in [5.41, 5.74) is 7.29. The van der Waals surface area contributed by atoms with Gasteiger partial charge in [0.15, 0.2) is 11.5 Å². The highest BCUT2D eigenvalue weighted by Crippen LogP contribution is 2.33. The Labute approximate surface area is 184 Å². The monoisotopic (exact) mass is 441 g/mol. The first-order valence-corrected chi connectivity index (χ1v) is 10.3. The highest BCUT2D eigenvalue weighted by atomic mass is 32.1. The van der Waals surface area contributed by atoms with Gasteiger partial charge in [-0.1, -0.05) is 0 Å². The van der Waals surface area contributed by atoms with E-state index < -0.39 is 5.91 Å². The molecule has 0 spiro atoms. The number of nitrogens with one attached hydrogen (secondary N) is 1. The van der Waals surface area contributed by atoms with Gasteiger partial charge in [-0.3, -0.25) is 9.59 Å². The van der Waals surface area contributed by atoms with Gasteiger partial charge in [-0.2, -0.15) is 0 Å². The minimum absolute atomic E-state index is 0.150. The van der Waals surface area contributed by atoms with E-state index in [9.17, 15) is 9.59 Å². The molecule has 9 heteroatoms. The smallest absolute Gasteiger partial charge is 0.230 e. The lowest BCUT2D eigenvalue weighted by Gasteiger charge is -2.08. The molecule has 0 atom stereocenters. The molecule has 1 aromatic heterocycles. The molecule has 0 aliphatic carbocycles. The number of carbonyl (C=O) groups excluding carboxylic acids is 2. The molecule has 0 saturated heterocycles. The minimum atomic E-state index is -0.416. The van der Waals surface area contributed by atoms with Crippen LogP contribution in [0.3, 0.4) is 0 Å². The Hall–Kier alpha value is -3.59. The summed E-state index contributed by atoms with van der Waals surface area (Å²) >= 11 is 1.46. The number of benzene rings is 2. The topological polar surface area (TPSA) is 113 Å². The fourth-order valence-corrected chi connectivity index (χ4v) is 3.58. The van der Waals surface area contributed by atoms with E-state index in [2.05, 4.69) is 10.3 Å². The van der Waals surface area contributed by atoms with E-state index >= 15 is 0 Å². The van der Waals surface area contributed by atoms with Crippen LogP contribution in [0.15, 0.2) is 47.8 Å². The van der Waals surface area contributed by atoms with Gasteiger partial charge < -0.3 is 25.3 Å². The predicted molar refractivity (Wildman–Crippen MR) is 119 cm³/mol. The molecule has 0 aliphatic heterocycles. The molecule has 3 rings (SSSR count). The van der Waals surface area contributed by atoms with Crippen LogP contribution in [0.25, 0.3) is 10.6 Å². The second-order valence-electron chi connectivity index (χ2n) is 6.53. The van der Waals surface area contributed by atoms with Gasteiger partial charge in [-0.25, -0.2) is 4.98 Å². The average molecular weight is 442 g/mol. The van der Waals surface area contributed by atoms with Crippen LogP contribution in [-0.2, 0) is 16.0 Å². The van der Waals surface area contributed by atoms with Crippen LogP contribution >= 0.6 is 11.3 Å². The molecule has 0 unspecified atom stereocenters. The van der Waals surface area contributed by atoms with Crippen molar-refractivity contribution >= 4 is 28.8 Å². The third kappa shape index (κ3) is 6.19. The van der Waals surface area contributed by atoms with E-state index in [1.807, 2.05) is 23.6 Å². The van der Waals surface area contributed by atoms with Gasteiger partial charge in [-0.05, 0) is 42.5 Å². The summed E-state index contributed by atoms with van der Waals surface area (Å²) in [6, 6.07) is 12.5. The largest absolute Gasteiger partial charge is 0.493 e. The van der Waals surface area contributed by atoms with E-state index in [0.717, 1.165) is 10.6 Å². The van der Waals surface area contributed by atoms with Gasteiger partial charge in [-0.15, -0.1) is 11.3 Å². The van der Waals surface area contributed by atoms with E-state index in [0.29, 0.717) is 28.6 Å². The highest BCUT2D eigenvalue weighted by molar-refractivity contribution is 7.13. The number of aromatic nitrogens is 1. The number of carbonyl (C=O) groups is 2. The molecule has 8 nitrogen and oxygen atoms in total. The number of nitrogens with two attached hydrogens (primary N) is 1. The van der Waals surface area contributed by atoms with Crippen LogP contribution in [0.4, 0.5) is 5.69 Å². The third-order valence-electron chi connectivity index (χ3n) is 4.28. The van der Waals surface area contributed by atoms with Gasteiger partial charge in [0.05, 0.1) is 39.4 Å². The Bertz CT molecular complexity index is 1050. The van der Waals surface area contributed by atoms with Gasteiger partial charge in [0, 0.05) is 16.6 Å². The van der Waals surface area contributed by atoms with Crippen LogP contribution < -0.4 is 25.3 Å². The van der Waals surface area contributed by atoms with Gasteiger partial charge in [0.2, 0.25) is 11.8 Å². The maximum absolute atomic E-state index is 12.4. The SMILES string of the molecule is COc1ccc(-c2nc(CC(=O)Nc3ccc(OCCC(N)=O)cc3)cs2)cc1OC. The average Bonchev–Trinajstić information content (AvgIpc) is 3.22. The van der Waals surface area contributed by atoms with Crippen molar-refractivity contribution in [3.63, 3.8) is 0 Å². The maximum Gasteiger partial charge on any atom is 0.230 e. The normalized spacial score (nSPS) is 10.4. The zero-order valence-electron chi connectivity index (χ0n) is 17.2. The van der Waals surface area contributed by atoms with E-state index in [1.54, 1.807) is 38.5 Å². The Morgan fingerprint density at radius 2 is 1.81 bits per heavy atom. The van der Waals surface area contributed by atoms with E-state index in [-0.39, 0.29) is 25.4 Å². The molecule has 2 aromatic carbocycles. The van der Waals surface area contributed by atoms with Gasteiger partial charge in [0.25, 0.3) is 0 Å². The molecule has 0 fully saturated rings. The lowest BCUT2D eigenvalue weighted by molar-refractivity contribution is -0.118. The molecule has 3 N–H and O–H groups in total. The number of nitrogens with zero attached hydrogens (tertiary/aromatic N) is 1. The number of amides is 2. The Morgan fingerprint density at radius 3 is 2.48 bits per heavy atom. The van der Waals surface area contributed by atoms with E-state index in [1.165, 1.54) is 11.3 Å². The number of hydrogen-bond donors (Lipinski definition) is 2. The summed E-state index contributed by atoms with van der Waals surface area (Å²) in [4.78, 5) is 27.7. The fraction of sp³-hybridized carbons (Fsp3) is 0.227. The molecule has 0 saturated carbocycles. The zero-order valence-corrected chi connectivity index (χ0v) is 18.0. The van der Waals surface area contributed by atoms with Gasteiger partial charge >= 0.3 is 0 Å². The number of rotatable bonds is 10. The van der Waals surface area contributed by atoms with Crippen LogP contribution in [0.1, 0.15) is 12.1 Å². The molecule has 1 heterocycles. The molecule has 2 amide bonds. The lowest BCUT2D eigenvalue weighted by Crippen LogP contribution is -2.15. The molecule has 162 valence electrons. The molecule has 0 radical (unpaired) electrons. The number of thiazole rings is 1. The number of methoxy groups -OCH3 is 2. The fourth-order valence-electron chi connectivity index (χ4n) is 2.76. The first-order valence-electron chi connectivity index (χ1n) is 9.46. The molecule has 0 aliphatic rings. The number of ether oxygens (including phenoxy) is 3. The van der Waals surface area contributed by atoms with Gasteiger partial charge in [0.1, 0.15) is 10.8 Å². The van der Waals surface area contributed by atoms with Crippen molar-refractivity contribution in [1.29, 1.82) is 0 Å². The second-order valence-corrected chi connectivity index (χ2v) is 7.39. The number of primary amides is 1. The maximum atomic E-state index is 12.4. The van der Waals surface area contributed by atoms with Crippen LogP contribution in [0, 0.1) is 0 Å². The standard InChI is InChI=1S/C22H23N3O5S/c1-28-18-8-3-14(11-19(18)29-2)22-25-16(13-31-22)12-21(27)24-15-4-6-17(7-5-15)30-10-9-20(23)26/h3-8,11,13H,9-10,12H2,1-2H3,(H2,23,26)(H,24,27). The predicted octanol–water partition coefficient (Wildman–Crippen LogP) is 3.26. The molecule has 3 aromatic rings. The molecular weight excluding hydrogens is 418 g/mol. The van der Waals surface area contributed by atoms with Crippen molar-refractivity contribution in [2.45, 2.75) is 12.8 Å². The zero-order chi connectivity index (χ0) is 22.2. The van der Waals surface area contributed by atoms with Crippen molar-refractivity contribution in [3.8, 4) is 27.8 Å². The third-order valence-corrected chi connectivity index (χ3v) is 5.22. The Balaban J connectivity index is 1.57. The van der Waals surface area contributed by atoms with Crippen LogP contribution in [-0.4, -0.2) is 37.6 Å². The van der Waals surface area contributed by atoms with Crippen molar-refractivity contribution in [2.24, 2.45) is 5.73 Å². The summed E-state index contributed by atoms with van der Waals surface area (Å²) < 4.78 is 16.0. The summed E-state index contributed by atoms with van der Waals surface area (Å²) in [6.45, 7) is 0.216. The van der Waals surface area contributed by atoms with Crippen molar-refractivity contribution in [3.05, 3.63) is 53.5 Å². The Morgan fingerprint density at radius 1 is 1.06 bits per heavy atom. The van der Waals surface area contributed by atoms with Crippen molar-refractivity contribution in [1.82, 2.24) is 4.98 Å². The van der Waals surface area contributed by atoms with Crippen LogP contribution in [0.5, 0.6) is 17.2 Å². The first-order chi connectivity index (χ1) is 15.0. The molecule has 31 heavy (non-hydrogen) atoms. The van der Waals surface area contributed by atoms with E-state index in [4.69, 9.17) is 19.9 Å². The Kier molecular flexibility index (Phi) is 7.45. The first kappa shape index (κ1) is 22.1. The van der Waals surface area contributed by atoms with Crippen molar-refractivity contribution in [2.75, 3.05) is 26.1 Å². The summed E-state index contributed by atoms with van der Waals surface area (Å²) in [6.07, 6.45) is 0.304. The summed E-state index contributed by atoms with van der Waals surface area (Å²) in [5, 5.41) is 5.49. The van der Waals surface area contributed by atoms with Crippen LogP contribution in [0.2, 0.25) is 0 Å². The highest BCUT2D eigenvalue weighted by Gasteiger charge is 2.12. The lowest BCUT2D eigenvalue weighted by atomic mass is 10.2. The number of anilines is 1. The molecular formula is C22H23N3O5S. The van der Waals surface area contributed by atoms with Crippen molar-refractivity contribution < 1.29 is 23.8 Å². The summed E-state index contributed by atoms with van der Waals surface area (Å²) in [7, 11) is 3.17. The second kappa shape index (κ2) is 10.4.